The maximum absolute atomic E-state index is 12.6. The number of hydrogen-bond acceptors (Lipinski definition) is 5. The van der Waals surface area contributed by atoms with Crippen molar-refractivity contribution >= 4 is 28.4 Å². The number of anilines is 1. The third kappa shape index (κ3) is 4.59. The number of oxazole rings is 1. The molecule has 5 rings (SSSR count). The van der Waals surface area contributed by atoms with E-state index in [1.165, 1.54) is 0 Å². The van der Waals surface area contributed by atoms with Gasteiger partial charge in [-0.15, -0.1) is 0 Å². The molecule has 0 radical (unpaired) electrons. The molecule has 2 amide bonds. The second-order valence-electron chi connectivity index (χ2n) is 8.34. The summed E-state index contributed by atoms with van der Waals surface area (Å²) in [5.41, 5.74) is 3.83. The minimum atomic E-state index is -0.250. The van der Waals surface area contributed by atoms with E-state index in [-0.39, 0.29) is 18.4 Å². The summed E-state index contributed by atoms with van der Waals surface area (Å²) in [5, 5.41) is 6.75. The van der Waals surface area contributed by atoms with Crippen molar-refractivity contribution in [1.29, 1.82) is 0 Å². The fraction of sp³-hybridized carbons (Fsp3) is 0.148. The molecule has 3 N–H and O–H groups in total. The van der Waals surface area contributed by atoms with Gasteiger partial charge in [-0.05, 0) is 57.2 Å². The molecule has 0 atom stereocenters. The summed E-state index contributed by atoms with van der Waals surface area (Å²) in [6, 6.07) is 18.5. The Hall–Kier alpha value is -4.59. The van der Waals surface area contributed by atoms with Gasteiger partial charge >= 0.3 is 0 Å². The minimum absolute atomic E-state index is 0.221. The van der Waals surface area contributed by atoms with Crippen molar-refractivity contribution in [3.63, 3.8) is 0 Å². The van der Waals surface area contributed by atoms with Gasteiger partial charge in [0.2, 0.25) is 5.89 Å². The maximum Gasteiger partial charge on any atom is 0.268 e. The van der Waals surface area contributed by atoms with Crippen LogP contribution in [0.25, 0.3) is 22.4 Å². The van der Waals surface area contributed by atoms with E-state index in [2.05, 4.69) is 20.6 Å². The van der Waals surface area contributed by atoms with E-state index in [0.717, 1.165) is 10.9 Å². The molecule has 0 spiro atoms. The van der Waals surface area contributed by atoms with Crippen LogP contribution in [0, 0.1) is 20.8 Å². The van der Waals surface area contributed by atoms with Gasteiger partial charge < -0.3 is 24.5 Å². The number of aryl methyl sites for hydroxylation is 3. The molecule has 0 bridgehead atoms. The van der Waals surface area contributed by atoms with E-state index >= 15 is 0 Å². The van der Waals surface area contributed by atoms with Crippen LogP contribution in [0.5, 0.6) is 0 Å². The lowest BCUT2D eigenvalue weighted by Gasteiger charge is -2.05. The molecular formula is C27H24N4O4. The Bertz CT molecular complexity index is 1520. The summed E-state index contributed by atoms with van der Waals surface area (Å²) in [6.45, 7) is 5.58. The molecule has 5 aromatic rings. The van der Waals surface area contributed by atoms with Crippen molar-refractivity contribution in [1.82, 2.24) is 15.3 Å². The normalized spacial score (nSPS) is 11.1. The molecule has 8 heteroatoms. The smallest absolute Gasteiger partial charge is 0.268 e. The molecule has 0 unspecified atom stereocenters. The zero-order chi connectivity index (χ0) is 24.5. The zero-order valence-corrected chi connectivity index (χ0v) is 19.6. The first-order valence-corrected chi connectivity index (χ1v) is 11.2. The predicted octanol–water partition coefficient (Wildman–Crippen LogP) is 5.52. The summed E-state index contributed by atoms with van der Waals surface area (Å²) in [5.74, 6) is 1.79. The van der Waals surface area contributed by atoms with Crippen molar-refractivity contribution in [3.05, 3.63) is 94.9 Å². The van der Waals surface area contributed by atoms with Crippen LogP contribution in [0.1, 0.15) is 43.8 Å². The largest absolute Gasteiger partial charge is 0.466 e. The molecule has 176 valence electrons. The Morgan fingerprint density at radius 1 is 0.914 bits per heavy atom. The van der Waals surface area contributed by atoms with Crippen molar-refractivity contribution in [2.45, 2.75) is 27.3 Å². The van der Waals surface area contributed by atoms with Crippen molar-refractivity contribution in [2.75, 3.05) is 5.32 Å². The van der Waals surface area contributed by atoms with Gasteiger partial charge in [-0.25, -0.2) is 4.98 Å². The minimum Gasteiger partial charge on any atom is -0.466 e. The fourth-order valence-corrected chi connectivity index (χ4v) is 3.96. The molecule has 0 aliphatic carbocycles. The van der Waals surface area contributed by atoms with E-state index in [1.54, 1.807) is 39.0 Å². The van der Waals surface area contributed by atoms with Crippen molar-refractivity contribution in [2.24, 2.45) is 0 Å². The summed E-state index contributed by atoms with van der Waals surface area (Å²) < 4.78 is 11.3. The van der Waals surface area contributed by atoms with E-state index in [9.17, 15) is 9.59 Å². The van der Waals surface area contributed by atoms with Crippen LogP contribution in [0.4, 0.5) is 5.69 Å². The number of nitrogens with zero attached hydrogens (tertiary/aromatic N) is 1. The van der Waals surface area contributed by atoms with Gasteiger partial charge in [-0.1, -0.05) is 24.3 Å². The third-order valence-corrected chi connectivity index (χ3v) is 5.74. The summed E-state index contributed by atoms with van der Waals surface area (Å²) in [6.07, 6.45) is 0. The lowest BCUT2D eigenvalue weighted by molar-refractivity contribution is 0.0945. The van der Waals surface area contributed by atoms with E-state index in [4.69, 9.17) is 8.83 Å². The number of hydrogen-bond donors (Lipinski definition) is 3. The molecule has 2 aromatic carbocycles. The first-order chi connectivity index (χ1) is 16.9. The van der Waals surface area contributed by atoms with Crippen LogP contribution in [-0.4, -0.2) is 21.8 Å². The number of benzene rings is 2. The number of aromatic nitrogens is 2. The van der Waals surface area contributed by atoms with Crippen LogP contribution < -0.4 is 10.6 Å². The first-order valence-electron chi connectivity index (χ1n) is 11.2. The highest BCUT2D eigenvalue weighted by Crippen LogP contribution is 2.25. The molecule has 3 aromatic heterocycles. The zero-order valence-electron chi connectivity index (χ0n) is 19.6. The monoisotopic (exact) mass is 468 g/mol. The van der Waals surface area contributed by atoms with Crippen LogP contribution in [0.3, 0.4) is 0 Å². The van der Waals surface area contributed by atoms with Crippen molar-refractivity contribution in [3.8, 4) is 11.5 Å². The van der Waals surface area contributed by atoms with Crippen LogP contribution in [-0.2, 0) is 6.54 Å². The summed E-state index contributed by atoms with van der Waals surface area (Å²) >= 11 is 0. The standard InChI is InChI=1S/C27H24N4O4/c1-15-11-21(16(2)34-15)25(32)29-20-9-6-8-19(12-20)27-31-24(17(3)35-27)14-28-26(33)23-13-18-7-4-5-10-22(18)30-23/h4-13,30H,14H2,1-3H3,(H,28,33)(H,29,32). The number of furan rings is 1. The number of nitrogens with one attached hydrogen (secondary N) is 3. The lowest BCUT2D eigenvalue weighted by atomic mass is 10.2. The number of rotatable bonds is 6. The molecule has 0 saturated heterocycles. The Balaban J connectivity index is 1.28. The molecule has 0 aliphatic rings. The average molecular weight is 469 g/mol. The van der Waals surface area contributed by atoms with Gasteiger partial charge in [-0.3, -0.25) is 9.59 Å². The molecule has 0 aliphatic heterocycles. The van der Waals surface area contributed by atoms with Gasteiger partial charge in [0.1, 0.15) is 28.7 Å². The quantitative estimate of drug-likeness (QED) is 0.304. The average Bonchev–Trinajstić information content (AvgIpc) is 3.53. The molecular weight excluding hydrogens is 444 g/mol. The fourth-order valence-electron chi connectivity index (χ4n) is 3.96. The highest BCUT2D eigenvalue weighted by molar-refractivity contribution is 6.05. The Kier molecular flexibility index (Phi) is 5.70. The number of H-pyrrole nitrogens is 1. The Labute approximate surface area is 201 Å². The molecule has 0 fully saturated rings. The van der Waals surface area contributed by atoms with Crippen LogP contribution >= 0.6 is 0 Å². The van der Waals surface area contributed by atoms with Gasteiger partial charge in [-0.2, -0.15) is 0 Å². The molecule has 0 saturated carbocycles. The maximum atomic E-state index is 12.6. The summed E-state index contributed by atoms with van der Waals surface area (Å²) in [4.78, 5) is 32.9. The first kappa shape index (κ1) is 22.2. The molecule has 8 nitrogen and oxygen atoms in total. The number of para-hydroxylation sites is 1. The number of carbonyl (C=O) groups excluding carboxylic acids is 2. The second kappa shape index (κ2) is 8.98. The topological polar surface area (TPSA) is 113 Å². The lowest BCUT2D eigenvalue weighted by Crippen LogP contribution is -2.23. The van der Waals surface area contributed by atoms with Gasteiger partial charge in [0.05, 0.1) is 12.1 Å². The van der Waals surface area contributed by atoms with Gasteiger partial charge in [0, 0.05) is 22.2 Å². The highest BCUT2D eigenvalue weighted by Gasteiger charge is 2.17. The van der Waals surface area contributed by atoms with E-state index in [0.29, 0.717) is 51.4 Å². The van der Waals surface area contributed by atoms with Crippen LogP contribution in [0.2, 0.25) is 0 Å². The Morgan fingerprint density at radius 2 is 1.74 bits per heavy atom. The Morgan fingerprint density at radius 3 is 2.51 bits per heavy atom. The predicted molar refractivity (Wildman–Crippen MR) is 132 cm³/mol. The number of amides is 2. The number of carbonyl (C=O) groups is 2. The van der Waals surface area contributed by atoms with Crippen LogP contribution in [0.15, 0.2) is 69.5 Å². The third-order valence-electron chi connectivity index (χ3n) is 5.74. The number of aromatic amines is 1. The van der Waals surface area contributed by atoms with E-state index < -0.39 is 0 Å². The molecule has 35 heavy (non-hydrogen) atoms. The van der Waals surface area contributed by atoms with E-state index in [1.807, 2.05) is 42.5 Å². The van der Waals surface area contributed by atoms with Gasteiger partial charge in [0.15, 0.2) is 0 Å². The van der Waals surface area contributed by atoms with Crippen molar-refractivity contribution < 1.29 is 18.4 Å². The second-order valence-corrected chi connectivity index (χ2v) is 8.34. The summed E-state index contributed by atoms with van der Waals surface area (Å²) in [7, 11) is 0. The number of fused-ring (bicyclic) bond motifs is 1. The molecule has 3 heterocycles. The van der Waals surface area contributed by atoms with Gasteiger partial charge in [0.25, 0.3) is 11.8 Å². The SMILES string of the molecule is Cc1cc(C(=O)Nc2cccc(-c3nc(CNC(=O)c4cc5ccccc5[nH]4)c(C)o3)c2)c(C)o1. The highest BCUT2D eigenvalue weighted by atomic mass is 16.4.